The normalized spacial score (nSPS) is 11.9. The third-order valence-electron chi connectivity index (χ3n) is 3.74. The van der Waals surface area contributed by atoms with Crippen LogP contribution in [0.25, 0.3) is 6.08 Å². The van der Waals surface area contributed by atoms with Crippen molar-refractivity contribution in [2.75, 3.05) is 6.61 Å². The van der Waals surface area contributed by atoms with Crippen LogP contribution in [-0.2, 0) is 0 Å². The van der Waals surface area contributed by atoms with Crippen LogP contribution in [0.4, 0.5) is 0 Å². The molecular weight excluding hydrogens is 376 g/mol. The van der Waals surface area contributed by atoms with Gasteiger partial charge in [-0.25, -0.2) is 0 Å². The molecule has 0 saturated carbocycles. The first-order valence-electron chi connectivity index (χ1n) is 10.1. The lowest BCUT2D eigenvalue weighted by atomic mass is 10.1. The fraction of sp³-hybridized carbons (Fsp3) is 0.346. The van der Waals surface area contributed by atoms with Crippen molar-refractivity contribution in [1.29, 1.82) is 0 Å². The van der Waals surface area contributed by atoms with Gasteiger partial charge >= 0.3 is 0 Å². The number of hydrogen-bond acceptors (Lipinski definition) is 4. The Morgan fingerprint density at radius 2 is 1.50 bits per heavy atom. The Morgan fingerprint density at radius 3 is 2.07 bits per heavy atom. The predicted octanol–water partition coefficient (Wildman–Crippen LogP) is 6.50. The number of allylic oxidation sites excluding steroid dienone is 1. The molecular formula is C26H32O4. The van der Waals surface area contributed by atoms with Crippen molar-refractivity contribution in [2.45, 2.75) is 52.7 Å². The molecule has 0 fully saturated rings. The SMILES string of the molecule is C=CCOc1ccc(C(=O)C=Cc2cc(OC(C)(C)C)ccc2OC(C)(C)C)cc1. The fourth-order valence-corrected chi connectivity index (χ4v) is 2.63. The lowest BCUT2D eigenvalue weighted by molar-refractivity contribution is 0.104. The number of ether oxygens (including phenoxy) is 3. The second-order valence-corrected chi connectivity index (χ2v) is 8.95. The molecule has 0 aromatic heterocycles. The predicted molar refractivity (Wildman–Crippen MR) is 123 cm³/mol. The van der Waals surface area contributed by atoms with Crippen LogP contribution in [0.1, 0.15) is 57.5 Å². The molecule has 160 valence electrons. The number of benzene rings is 2. The fourth-order valence-electron chi connectivity index (χ4n) is 2.63. The van der Waals surface area contributed by atoms with Crippen molar-refractivity contribution in [3.63, 3.8) is 0 Å². The molecule has 4 heteroatoms. The summed E-state index contributed by atoms with van der Waals surface area (Å²) in [5.41, 5.74) is 0.683. The van der Waals surface area contributed by atoms with E-state index >= 15 is 0 Å². The molecule has 0 aliphatic rings. The molecule has 2 aromatic carbocycles. The highest BCUT2D eigenvalue weighted by Gasteiger charge is 2.17. The summed E-state index contributed by atoms with van der Waals surface area (Å²) in [7, 11) is 0. The van der Waals surface area contributed by atoms with Gasteiger partial charge < -0.3 is 14.2 Å². The molecule has 0 heterocycles. The van der Waals surface area contributed by atoms with E-state index in [2.05, 4.69) is 6.58 Å². The zero-order valence-corrected chi connectivity index (χ0v) is 18.8. The average molecular weight is 409 g/mol. The van der Waals surface area contributed by atoms with Gasteiger partial charge in [-0.2, -0.15) is 0 Å². The van der Waals surface area contributed by atoms with Gasteiger partial charge in [0.15, 0.2) is 5.78 Å². The number of hydrogen-bond donors (Lipinski definition) is 0. The van der Waals surface area contributed by atoms with Crippen LogP contribution >= 0.6 is 0 Å². The van der Waals surface area contributed by atoms with Gasteiger partial charge in [-0.05, 0) is 96.2 Å². The highest BCUT2D eigenvalue weighted by molar-refractivity contribution is 6.07. The van der Waals surface area contributed by atoms with E-state index in [0.717, 1.165) is 11.3 Å². The molecule has 2 aromatic rings. The van der Waals surface area contributed by atoms with Crippen LogP contribution in [0.5, 0.6) is 17.2 Å². The largest absolute Gasteiger partial charge is 0.490 e. The Kier molecular flexibility index (Phi) is 7.49. The van der Waals surface area contributed by atoms with Crippen molar-refractivity contribution in [3.8, 4) is 17.2 Å². The molecule has 0 unspecified atom stereocenters. The topological polar surface area (TPSA) is 44.8 Å². The third-order valence-corrected chi connectivity index (χ3v) is 3.74. The summed E-state index contributed by atoms with van der Waals surface area (Å²) in [6.45, 7) is 16.0. The number of ketones is 1. The van der Waals surface area contributed by atoms with Crippen LogP contribution < -0.4 is 14.2 Å². The van der Waals surface area contributed by atoms with Gasteiger partial charge in [0, 0.05) is 11.1 Å². The highest BCUT2D eigenvalue weighted by atomic mass is 16.5. The summed E-state index contributed by atoms with van der Waals surface area (Å²) in [4.78, 5) is 12.6. The maximum atomic E-state index is 12.6. The molecule has 0 atom stereocenters. The molecule has 0 radical (unpaired) electrons. The van der Waals surface area contributed by atoms with Crippen molar-refractivity contribution < 1.29 is 19.0 Å². The minimum atomic E-state index is -0.361. The summed E-state index contributed by atoms with van der Waals surface area (Å²) >= 11 is 0. The highest BCUT2D eigenvalue weighted by Crippen LogP contribution is 2.30. The third kappa shape index (κ3) is 7.78. The van der Waals surface area contributed by atoms with Crippen LogP contribution in [0.3, 0.4) is 0 Å². The zero-order valence-electron chi connectivity index (χ0n) is 18.8. The standard InChI is InChI=1S/C26H32O4/c1-8-17-28-21-12-9-19(10-13-21)23(27)15-11-20-18-22(29-25(2,3)4)14-16-24(20)30-26(5,6)7/h8-16,18H,1,17H2,2-7H3. The first-order chi connectivity index (χ1) is 14.0. The van der Waals surface area contributed by atoms with E-state index in [1.54, 1.807) is 42.5 Å². The second kappa shape index (κ2) is 9.66. The Hall–Kier alpha value is -3.01. The van der Waals surface area contributed by atoms with E-state index in [1.165, 1.54) is 0 Å². The Balaban J connectivity index is 2.26. The smallest absolute Gasteiger partial charge is 0.185 e. The lowest BCUT2D eigenvalue weighted by Crippen LogP contribution is -2.24. The lowest BCUT2D eigenvalue weighted by Gasteiger charge is -2.25. The summed E-state index contributed by atoms with van der Waals surface area (Å²) < 4.78 is 17.5. The van der Waals surface area contributed by atoms with Crippen LogP contribution in [-0.4, -0.2) is 23.6 Å². The maximum absolute atomic E-state index is 12.6. The van der Waals surface area contributed by atoms with Crippen molar-refractivity contribution in [1.82, 2.24) is 0 Å². The maximum Gasteiger partial charge on any atom is 0.185 e. The minimum absolute atomic E-state index is 0.103. The van der Waals surface area contributed by atoms with Gasteiger partial charge in [0.05, 0.1) is 0 Å². The molecule has 0 aliphatic carbocycles. The van der Waals surface area contributed by atoms with Crippen LogP contribution in [0, 0.1) is 0 Å². The molecule has 0 bridgehead atoms. The van der Waals surface area contributed by atoms with Crippen molar-refractivity contribution in [2.24, 2.45) is 0 Å². The van der Waals surface area contributed by atoms with Crippen molar-refractivity contribution in [3.05, 3.63) is 72.3 Å². The molecule has 4 nitrogen and oxygen atoms in total. The van der Waals surface area contributed by atoms with E-state index in [-0.39, 0.29) is 17.0 Å². The van der Waals surface area contributed by atoms with Gasteiger partial charge in [0.2, 0.25) is 0 Å². The summed E-state index contributed by atoms with van der Waals surface area (Å²) in [6, 6.07) is 12.7. The summed E-state index contributed by atoms with van der Waals surface area (Å²) in [5.74, 6) is 2.01. The monoisotopic (exact) mass is 408 g/mol. The van der Waals surface area contributed by atoms with Gasteiger partial charge in [0.25, 0.3) is 0 Å². The Morgan fingerprint density at radius 1 is 0.900 bits per heavy atom. The zero-order chi connectivity index (χ0) is 22.4. The molecule has 0 aliphatic heterocycles. The molecule has 0 N–H and O–H groups in total. The molecule has 0 amide bonds. The summed E-state index contributed by atoms with van der Waals surface area (Å²) in [6.07, 6.45) is 4.99. The first kappa shape index (κ1) is 23.3. The van der Waals surface area contributed by atoms with Crippen LogP contribution in [0.15, 0.2) is 61.2 Å². The van der Waals surface area contributed by atoms with E-state index in [0.29, 0.717) is 23.7 Å². The van der Waals surface area contributed by atoms with Gasteiger partial charge in [0.1, 0.15) is 35.1 Å². The van der Waals surface area contributed by atoms with Gasteiger partial charge in [-0.15, -0.1) is 0 Å². The van der Waals surface area contributed by atoms with E-state index in [1.807, 2.05) is 59.7 Å². The van der Waals surface area contributed by atoms with E-state index in [4.69, 9.17) is 14.2 Å². The minimum Gasteiger partial charge on any atom is -0.490 e. The van der Waals surface area contributed by atoms with Crippen LogP contribution in [0.2, 0.25) is 0 Å². The number of rotatable bonds is 8. The second-order valence-electron chi connectivity index (χ2n) is 8.95. The van der Waals surface area contributed by atoms with E-state index in [9.17, 15) is 4.79 Å². The van der Waals surface area contributed by atoms with E-state index < -0.39 is 0 Å². The molecule has 2 rings (SSSR count). The molecule has 0 spiro atoms. The molecule has 30 heavy (non-hydrogen) atoms. The number of carbonyl (C=O) groups is 1. The van der Waals surface area contributed by atoms with Gasteiger partial charge in [-0.3, -0.25) is 4.79 Å². The van der Waals surface area contributed by atoms with Gasteiger partial charge in [-0.1, -0.05) is 12.7 Å². The summed E-state index contributed by atoms with van der Waals surface area (Å²) in [5, 5.41) is 0. The quantitative estimate of drug-likeness (QED) is 0.284. The Labute approximate surface area is 180 Å². The first-order valence-corrected chi connectivity index (χ1v) is 10.1. The van der Waals surface area contributed by atoms with Crippen molar-refractivity contribution >= 4 is 11.9 Å². The Bertz CT molecular complexity index is 894. The average Bonchev–Trinajstić information content (AvgIpc) is 2.64. The molecule has 0 saturated heterocycles. The number of carbonyl (C=O) groups excluding carboxylic acids is 1.